The van der Waals surface area contributed by atoms with Crippen LogP contribution in [0.5, 0.6) is 0 Å². The number of carbonyl (C=O) groups is 2. The average molecular weight is 216 g/mol. The normalized spacial score (nSPS) is 12.4. The first-order chi connectivity index (χ1) is 6.11. The van der Waals surface area contributed by atoms with E-state index >= 15 is 0 Å². The van der Waals surface area contributed by atoms with Gasteiger partial charge in [-0.2, -0.15) is 0 Å². The first-order valence-electron chi connectivity index (χ1n) is 3.58. The van der Waals surface area contributed by atoms with E-state index in [0.29, 0.717) is 4.88 Å². The van der Waals surface area contributed by atoms with Crippen LogP contribution in [0.15, 0.2) is 17.5 Å². The van der Waals surface area contributed by atoms with Crippen LogP contribution in [0.2, 0.25) is 0 Å². The molecule has 1 aromatic rings. The molecule has 0 saturated carbocycles. The van der Waals surface area contributed by atoms with Gasteiger partial charge >= 0.3 is 5.97 Å². The molecule has 1 aromatic heterocycles. The standard InChI is InChI=1S/C8H8O3S2/c1-5(7(9)10)13-8(11)6-3-2-4-12-6/h2-5H,1H3,(H,9,10)/t5-/m0/s1. The topological polar surface area (TPSA) is 54.4 Å². The minimum absolute atomic E-state index is 0.176. The van der Waals surface area contributed by atoms with Crippen molar-refractivity contribution < 1.29 is 14.7 Å². The van der Waals surface area contributed by atoms with Gasteiger partial charge in [0.25, 0.3) is 0 Å². The van der Waals surface area contributed by atoms with E-state index in [0.717, 1.165) is 11.8 Å². The summed E-state index contributed by atoms with van der Waals surface area (Å²) in [5.74, 6) is -0.963. The van der Waals surface area contributed by atoms with Crippen LogP contribution < -0.4 is 0 Å². The van der Waals surface area contributed by atoms with Gasteiger partial charge in [0, 0.05) is 0 Å². The number of thiophene rings is 1. The lowest BCUT2D eigenvalue weighted by molar-refractivity contribution is -0.136. The molecule has 70 valence electrons. The Morgan fingerprint density at radius 3 is 2.77 bits per heavy atom. The van der Waals surface area contributed by atoms with Crippen LogP contribution in [0, 0.1) is 0 Å². The van der Waals surface area contributed by atoms with Crippen molar-refractivity contribution in [3.63, 3.8) is 0 Å². The third-order valence-corrected chi connectivity index (χ3v) is 3.34. The molecule has 1 atom stereocenters. The molecule has 0 spiro atoms. The fourth-order valence-corrected chi connectivity index (χ4v) is 2.12. The van der Waals surface area contributed by atoms with Crippen molar-refractivity contribution >= 4 is 34.2 Å². The minimum atomic E-state index is -0.963. The van der Waals surface area contributed by atoms with E-state index in [4.69, 9.17) is 5.11 Å². The van der Waals surface area contributed by atoms with Gasteiger partial charge in [-0.25, -0.2) is 0 Å². The van der Waals surface area contributed by atoms with Crippen molar-refractivity contribution in [1.82, 2.24) is 0 Å². The van der Waals surface area contributed by atoms with Crippen LogP contribution >= 0.6 is 23.1 Å². The van der Waals surface area contributed by atoms with Gasteiger partial charge in [0.2, 0.25) is 5.12 Å². The highest BCUT2D eigenvalue weighted by atomic mass is 32.2. The van der Waals surface area contributed by atoms with Gasteiger partial charge in [-0.15, -0.1) is 11.3 Å². The maximum Gasteiger partial charge on any atom is 0.316 e. The van der Waals surface area contributed by atoms with Gasteiger partial charge in [0.15, 0.2) is 0 Å². The fourth-order valence-electron chi connectivity index (χ4n) is 0.664. The lowest BCUT2D eigenvalue weighted by Crippen LogP contribution is -2.13. The second kappa shape index (κ2) is 4.43. The predicted molar refractivity (Wildman–Crippen MR) is 53.3 cm³/mol. The number of carboxylic acids is 1. The molecule has 0 amide bonds. The van der Waals surface area contributed by atoms with Gasteiger partial charge < -0.3 is 5.11 Å². The molecule has 1 rings (SSSR count). The molecule has 0 aliphatic carbocycles. The molecule has 1 N–H and O–H groups in total. The first-order valence-corrected chi connectivity index (χ1v) is 5.34. The Bertz CT molecular complexity index is 305. The van der Waals surface area contributed by atoms with E-state index in [9.17, 15) is 9.59 Å². The molecule has 1 heterocycles. The van der Waals surface area contributed by atoms with Crippen molar-refractivity contribution in [3.8, 4) is 0 Å². The molecule has 0 fully saturated rings. The van der Waals surface area contributed by atoms with E-state index < -0.39 is 11.2 Å². The average Bonchev–Trinajstić information content (AvgIpc) is 2.55. The van der Waals surface area contributed by atoms with Crippen molar-refractivity contribution in [2.24, 2.45) is 0 Å². The Kier molecular flexibility index (Phi) is 3.50. The maximum atomic E-state index is 11.3. The summed E-state index contributed by atoms with van der Waals surface area (Å²) < 4.78 is 0. The minimum Gasteiger partial charge on any atom is -0.480 e. The number of carbonyl (C=O) groups excluding carboxylic acids is 1. The molecule has 3 nitrogen and oxygen atoms in total. The Morgan fingerprint density at radius 1 is 1.62 bits per heavy atom. The molecule has 5 heteroatoms. The summed E-state index contributed by atoms with van der Waals surface area (Å²) >= 11 is 2.16. The van der Waals surface area contributed by atoms with Crippen molar-refractivity contribution in [2.45, 2.75) is 12.2 Å². The zero-order valence-corrected chi connectivity index (χ0v) is 8.52. The van der Waals surface area contributed by atoms with Gasteiger partial charge in [-0.1, -0.05) is 17.8 Å². The molecule has 13 heavy (non-hydrogen) atoms. The lowest BCUT2D eigenvalue weighted by atomic mass is 10.5. The fraction of sp³-hybridized carbons (Fsp3) is 0.250. The number of thioether (sulfide) groups is 1. The Hall–Kier alpha value is -0.810. The Morgan fingerprint density at radius 2 is 2.31 bits per heavy atom. The molecule has 0 saturated heterocycles. The van der Waals surface area contributed by atoms with Crippen molar-refractivity contribution in [3.05, 3.63) is 22.4 Å². The zero-order chi connectivity index (χ0) is 9.84. The zero-order valence-electron chi connectivity index (χ0n) is 6.89. The Labute approximate surface area is 83.8 Å². The monoisotopic (exact) mass is 216 g/mol. The van der Waals surface area contributed by atoms with Crippen LogP contribution in [0.4, 0.5) is 0 Å². The summed E-state index contributed by atoms with van der Waals surface area (Å²) in [6.07, 6.45) is 0. The van der Waals surface area contributed by atoms with Crippen LogP contribution in [0.1, 0.15) is 16.6 Å². The Balaban J connectivity index is 2.56. The van der Waals surface area contributed by atoms with E-state index in [1.165, 1.54) is 18.3 Å². The van der Waals surface area contributed by atoms with E-state index in [1.807, 2.05) is 0 Å². The molecular weight excluding hydrogens is 208 g/mol. The summed E-state index contributed by atoms with van der Waals surface area (Å²) in [6.45, 7) is 1.50. The quantitative estimate of drug-likeness (QED) is 0.840. The molecule has 0 radical (unpaired) electrons. The summed E-state index contributed by atoms with van der Waals surface area (Å²) in [5, 5.41) is 9.49. The molecule has 0 aromatic carbocycles. The van der Waals surface area contributed by atoms with E-state index in [2.05, 4.69) is 0 Å². The summed E-state index contributed by atoms with van der Waals surface area (Å²) in [4.78, 5) is 22.4. The SMILES string of the molecule is C[C@H](SC(=O)c1cccs1)C(=O)O. The predicted octanol–water partition coefficient (Wildman–Crippen LogP) is 2.09. The van der Waals surface area contributed by atoms with Gasteiger partial charge in [-0.3, -0.25) is 9.59 Å². The van der Waals surface area contributed by atoms with Gasteiger partial charge in [-0.05, 0) is 18.4 Å². The van der Waals surface area contributed by atoms with Crippen molar-refractivity contribution in [1.29, 1.82) is 0 Å². The van der Waals surface area contributed by atoms with Crippen LogP contribution in [-0.2, 0) is 4.79 Å². The molecule has 0 unspecified atom stereocenters. The van der Waals surface area contributed by atoms with E-state index in [1.54, 1.807) is 17.5 Å². The molecule has 0 aliphatic heterocycles. The second-order valence-corrected chi connectivity index (χ2v) is 4.62. The smallest absolute Gasteiger partial charge is 0.316 e. The second-order valence-electron chi connectivity index (χ2n) is 2.36. The summed E-state index contributed by atoms with van der Waals surface area (Å²) in [6, 6.07) is 3.46. The number of aliphatic carboxylic acids is 1. The number of rotatable bonds is 3. The molecular formula is C8H8O3S2. The van der Waals surface area contributed by atoms with Crippen LogP contribution in [-0.4, -0.2) is 21.4 Å². The summed E-state index contributed by atoms with van der Waals surface area (Å²) in [7, 11) is 0. The summed E-state index contributed by atoms with van der Waals surface area (Å²) in [5.41, 5.74) is 0. The van der Waals surface area contributed by atoms with Gasteiger partial charge in [0.05, 0.1) is 4.88 Å². The van der Waals surface area contributed by atoms with Gasteiger partial charge in [0.1, 0.15) is 5.25 Å². The third kappa shape index (κ3) is 2.86. The van der Waals surface area contributed by atoms with Crippen LogP contribution in [0.25, 0.3) is 0 Å². The van der Waals surface area contributed by atoms with Crippen molar-refractivity contribution in [2.75, 3.05) is 0 Å². The molecule has 0 aliphatic rings. The maximum absolute atomic E-state index is 11.3. The highest BCUT2D eigenvalue weighted by molar-refractivity contribution is 8.15. The molecule has 0 bridgehead atoms. The van der Waals surface area contributed by atoms with Crippen LogP contribution in [0.3, 0.4) is 0 Å². The first kappa shape index (κ1) is 10.3. The number of hydrogen-bond donors (Lipinski definition) is 1. The third-order valence-electron chi connectivity index (χ3n) is 1.35. The highest BCUT2D eigenvalue weighted by Crippen LogP contribution is 2.21. The number of carboxylic acid groups (broad SMARTS) is 1. The highest BCUT2D eigenvalue weighted by Gasteiger charge is 2.17. The lowest BCUT2D eigenvalue weighted by Gasteiger charge is -2.01. The number of hydrogen-bond acceptors (Lipinski definition) is 4. The largest absolute Gasteiger partial charge is 0.480 e. The van der Waals surface area contributed by atoms with E-state index in [-0.39, 0.29) is 5.12 Å².